The molecule has 2 rings (SSSR count). The molecule has 0 aliphatic carbocycles. The average molecular weight is 292 g/mol. The van der Waals surface area contributed by atoms with Crippen molar-refractivity contribution in [2.45, 2.75) is 6.42 Å². The molecule has 0 amide bonds. The normalized spacial score (nSPS) is 10.3. The highest BCUT2D eigenvalue weighted by atomic mass is 35.5. The maximum Gasteiger partial charge on any atom is 0.238 e. The standard InChI is InChI=1S/C14H14ClN3O2/c15-12-10(13(16)17)5-7-18-14(12)20-11-4-2-1-3-9(11)6-8-19/h1-5,7,19H,6,8H2,(H3,16,17). The zero-order valence-electron chi connectivity index (χ0n) is 10.6. The predicted molar refractivity (Wildman–Crippen MR) is 77.6 cm³/mol. The molecule has 20 heavy (non-hydrogen) atoms. The number of nitrogens with one attached hydrogen (secondary N) is 1. The quantitative estimate of drug-likeness (QED) is 0.582. The summed E-state index contributed by atoms with van der Waals surface area (Å²) in [6.45, 7) is 0.0228. The second kappa shape index (κ2) is 6.36. The fourth-order valence-corrected chi connectivity index (χ4v) is 1.99. The van der Waals surface area contributed by atoms with E-state index in [4.69, 9.17) is 32.6 Å². The van der Waals surface area contributed by atoms with E-state index in [1.807, 2.05) is 18.2 Å². The summed E-state index contributed by atoms with van der Waals surface area (Å²) in [5, 5.41) is 16.7. The van der Waals surface area contributed by atoms with Crippen LogP contribution in [0, 0.1) is 5.41 Å². The number of pyridine rings is 1. The van der Waals surface area contributed by atoms with Crippen molar-refractivity contribution in [2.75, 3.05) is 6.61 Å². The van der Waals surface area contributed by atoms with Crippen LogP contribution in [0.5, 0.6) is 11.6 Å². The molecule has 0 atom stereocenters. The molecule has 0 aliphatic rings. The van der Waals surface area contributed by atoms with Gasteiger partial charge in [0.25, 0.3) is 0 Å². The molecule has 1 aromatic carbocycles. The van der Waals surface area contributed by atoms with Gasteiger partial charge in [-0.25, -0.2) is 4.98 Å². The third kappa shape index (κ3) is 3.07. The molecular formula is C14H14ClN3O2. The van der Waals surface area contributed by atoms with Crippen LogP contribution in [0.4, 0.5) is 0 Å². The highest BCUT2D eigenvalue weighted by Crippen LogP contribution is 2.31. The highest BCUT2D eigenvalue weighted by Gasteiger charge is 2.13. The number of ether oxygens (including phenoxy) is 1. The van der Waals surface area contributed by atoms with Gasteiger partial charge in [-0.05, 0) is 24.1 Å². The van der Waals surface area contributed by atoms with Crippen LogP contribution < -0.4 is 10.5 Å². The summed E-state index contributed by atoms with van der Waals surface area (Å²) in [5.41, 5.74) is 6.66. The minimum Gasteiger partial charge on any atom is -0.437 e. The molecule has 0 spiro atoms. The van der Waals surface area contributed by atoms with Crippen molar-refractivity contribution in [1.29, 1.82) is 5.41 Å². The molecule has 104 valence electrons. The lowest BCUT2D eigenvalue weighted by Crippen LogP contribution is -2.12. The number of hydrogen-bond acceptors (Lipinski definition) is 4. The van der Waals surface area contributed by atoms with Gasteiger partial charge in [0.2, 0.25) is 5.88 Å². The van der Waals surface area contributed by atoms with Crippen LogP contribution in [-0.4, -0.2) is 22.5 Å². The van der Waals surface area contributed by atoms with Crippen LogP contribution in [0.1, 0.15) is 11.1 Å². The van der Waals surface area contributed by atoms with Crippen molar-refractivity contribution in [1.82, 2.24) is 4.98 Å². The molecule has 0 fully saturated rings. The Hall–Kier alpha value is -2.11. The molecule has 0 saturated carbocycles. The Bertz CT molecular complexity index is 632. The van der Waals surface area contributed by atoms with E-state index in [1.165, 1.54) is 6.20 Å². The first kappa shape index (κ1) is 14.3. The van der Waals surface area contributed by atoms with Crippen molar-refractivity contribution in [3.8, 4) is 11.6 Å². The smallest absolute Gasteiger partial charge is 0.238 e. The molecule has 2 aromatic rings. The number of nitrogens with two attached hydrogens (primary N) is 1. The van der Waals surface area contributed by atoms with Gasteiger partial charge in [0.05, 0.1) is 0 Å². The summed E-state index contributed by atoms with van der Waals surface area (Å²) in [6, 6.07) is 8.85. The van der Waals surface area contributed by atoms with Crippen molar-refractivity contribution < 1.29 is 9.84 Å². The molecule has 5 nitrogen and oxygen atoms in total. The molecule has 1 aromatic heterocycles. The Morgan fingerprint density at radius 3 is 2.80 bits per heavy atom. The first-order chi connectivity index (χ1) is 9.63. The second-order valence-electron chi connectivity index (χ2n) is 4.07. The number of aliphatic hydroxyl groups is 1. The van der Waals surface area contributed by atoms with Gasteiger partial charge in [0.15, 0.2) is 0 Å². The maximum atomic E-state index is 9.04. The van der Waals surface area contributed by atoms with E-state index in [0.717, 1.165) is 5.56 Å². The molecule has 0 saturated heterocycles. The van der Waals surface area contributed by atoms with E-state index >= 15 is 0 Å². The van der Waals surface area contributed by atoms with Gasteiger partial charge in [-0.15, -0.1) is 0 Å². The third-order valence-electron chi connectivity index (χ3n) is 2.71. The number of hydrogen-bond donors (Lipinski definition) is 3. The zero-order valence-corrected chi connectivity index (χ0v) is 11.4. The molecule has 4 N–H and O–H groups in total. The maximum absolute atomic E-state index is 9.04. The van der Waals surface area contributed by atoms with E-state index in [2.05, 4.69) is 4.98 Å². The number of nitrogens with zero attached hydrogens (tertiary/aromatic N) is 1. The zero-order chi connectivity index (χ0) is 14.5. The summed E-state index contributed by atoms with van der Waals surface area (Å²) >= 11 is 6.13. The van der Waals surface area contributed by atoms with E-state index in [9.17, 15) is 0 Å². The van der Waals surface area contributed by atoms with E-state index in [1.54, 1.807) is 12.1 Å². The van der Waals surface area contributed by atoms with Crippen molar-refractivity contribution in [3.05, 3.63) is 52.7 Å². The van der Waals surface area contributed by atoms with Crippen LogP contribution in [0.3, 0.4) is 0 Å². The van der Waals surface area contributed by atoms with Crippen molar-refractivity contribution >= 4 is 17.4 Å². The van der Waals surface area contributed by atoms with E-state index < -0.39 is 0 Å². The molecule has 6 heteroatoms. The number of nitrogen functional groups attached to an aromatic ring is 1. The Labute approximate surface area is 121 Å². The van der Waals surface area contributed by atoms with Gasteiger partial charge < -0.3 is 15.6 Å². The number of halogens is 1. The molecular weight excluding hydrogens is 278 g/mol. The SMILES string of the molecule is N=C(N)c1ccnc(Oc2ccccc2CCO)c1Cl. The lowest BCUT2D eigenvalue weighted by atomic mass is 10.1. The predicted octanol–water partition coefficient (Wildman–Crippen LogP) is 2.35. The Morgan fingerprint density at radius 1 is 1.35 bits per heavy atom. The number of aliphatic hydroxyl groups excluding tert-OH is 1. The summed E-state index contributed by atoms with van der Waals surface area (Å²) in [4.78, 5) is 4.05. The van der Waals surface area contributed by atoms with Crippen molar-refractivity contribution in [3.63, 3.8) is 0 Å². The number of rotatable bonds is 5. The summed E-state index contributed by atoms with van der Waals surface area (Å²) in [6.07, 6.45) is 1.95. The van der Waals surface area contributed by atoms with Gasteiger partial charge >= 0.3 is 0 Å². The van der Waals surface area contributed by atoms with Gasteiger partial charge in [0.1, 0.15) is 16.6 Å². The first-order valence-electron chi connectivity index (χ1n) is 5.99. The Kier molecular flexibility index (Phi) is 4.55. The largest absolute Gasteiger partial charge is 0.437 e. The third-order valence-corrected chi connectivity index (χ3v) is 3.07. The summed E-state index contributed by atoms with van der Waals surface area (Å²) in [5.74, 6) is 0.604. The molecule has 0 radical (unpaired) electrons. The van der Waals surface area contributed by atoms with Gasteiger partial charge in [-0.1, -0.05) is 29.8 Å². The van der Waals surface area contributed by atoms with Crippen LogP contribution in [0.25, 0.3) is 0 Å². The van der Waals surface area contributed by atoms with Gasteiger partial charge in [0, 0.05) is 18.4 Å². The molecule has 1 heterocycles. The van der Waals surface area contributed by atoms with E-state index in [0.29, 0.717) is 17.7 Å². The lowest BCUT2D eigenvalue weighted by molar-refractivity contribution is 0.297. The number of benzene rings is 1. The number of para-hydroxylation sites is 1. The van der Waals surface area contributed by atoms with Crippen LogP contribution in [0.15, 0.2) is 36.5 Å². The van der Waals surface area contributed by atoms with Crippen LogP contribution >= 0.6 is 11.6 Å². The highest BCUT2D eigenvalue weighted by molar-refractivity contribution is 6.35. The Balaban J connectivity index is 2.35. The monoisotopic (exact) mass is 291 g/mol. The topological polar surface area (TPSA) is 92.2 Å². The molecule has 0 bridgehead atoms. The van der Waals surface area contributed by atoms with Crippen LogP contribution in [0.2, 0.25) is 5.02 Å². The summed E-state index contributed by atoms with van der Waals surface area (Å²) in [7, 11) is 0. The molecule has 0 unspecified atom stereocenters. The van der Waals surface area contributed by atoms with E-state index in [-0.39, 0.29) is 23.3 Å². The summed E-state index contributed by atoms with van der Waals surface area (Å²) < 4.78 is 5.68. The van der Waals surface area contributed by atoms with Gasteiger partial charge in [-0.2, -0.15) is 0 Å². The van der Waals surface area contributed by atoms with Crippen LogP contribution in [-0.2, 0) is 6.42 Å². The number of aromatic nitrogens is 1. The molecule has 0 aliphatic heterocycles. The van der Waals surface area contributed by atoms with Gasteiger partial charge in [-0.3, -0.25) is 5.41 Å². The van der Waals surface area contributed by atoms with Crippen molar-refractivity contribution in [2.24, 2.45) is 5.73 Å². The second-order valence-corrected chi connectivity index (χ2v) is 4.45. The average Bonchev–Trinajstić information content (AvgIpc) is 2.43. The fraction of sp³-hybridized carbons (Fsp3) is 0.143. The lowest BCUT2D eigenvalue weighted by Gasteiger charge is -2.12. The minimum absolute atomic E-state index is 0.0228. The first-order valence-corrected chi connectivity index (χ1v) is 6.36. The minimum atomic E-state index is -0.147. The fourth-order valence-electron chi connectivity index (χ4n) is 1.74. The number of amidine groups is 1. The Morgan fingerprint density at radius 2 is 2.10 bits per heavy atom.